The number of halogens is 1. The summed E-state index contributed by atoms with van der Waals surface area (Å²) in [5.74, 6) is 0.887. The third kappa shape index (κ3) is 5.45. The second kappa shape index (κ2) is 8.09. The Morgan fingerprint density at radius 3 is 2.65 bits per heavy atom. The van der Waals surface area contributed by atoms with Crippen LogP contribution in [-0.4, -0.2) is 43.0 Å². The molecule has 10 heteroatoms. The fourth-order valence-electron chi connectivity index (χ4n) is 2.18. The van der Waals surface area contributed by atoms with E-state index in [9.17, 15) is 13.2 Å². The van der Waals surface area contributed by atoms with E-state index < -0.39 is 10.0 Å². The predicted octanol–water partition coefficient (Wildman–Crippen LogP) is -0.328. The highest BCUT2D eigenvalue weighted by atomic mass is 35.5. The molecule has 8 nitrogen and oxygen atoms in total. The van der Waals surface area contributed by atoms with Gasteiger partial charge in [-0.15, -0.1) is 12.4 Å². The largest absolute Gasteiger partial charge is 0.352 e. The van der Waals surface area contributed by atoms with Gasteiger partial charge in [-0.1, -0.05) is 0 Å². The zero-order chi connectivity index (χ0) is 16.3. The molecule has 1 aromatic rings. The molecule has 0 aliphatic heterocycles. The summed E-state index contributed by atoms with van der Waals surface area (Å²) >= 11 is 0. The summed E-state index contributed by atoms with van der Waals surface area (Å²) in [5, 5.41) is 2.81. The molecule has 1 aliphatic carbocycles. The molecule has 2 rings (SSSR count). The molecule has 1 unspecified atom stereocenters. The van der Waals surface area contributed by atoms with Crippen molar-refractivity contribution in [2.45, 2.75) is 37.3 Å². The lowest BCUT2D eigenvalue weighted by Crippen LogP contribution is -2.42. The molecule has 1 atom stereocenters. The van der Waals surface area contributed by atoms with Gasteiger partial charge in [0.05, 0.1) is 0 Å². The van der Waals surface area contributed by atoms with Crippen LogP contribution in [0.25, 0.3) is 0 Å². The summed E-state index contributed by atoms with van der Waals surface area (Å²) in [6, 6.07) is 0.00236. The van der Waals surface area contributed by atoms with E-state index in [0.29, 0.717) is 18.3 Å². The predicted molar refractivity (Wildman–Crippen MR) is 88.7 cm³/mol. The SMILES string of the molecule is Cc1nc(S(=O)(=O)NCCC(=O)NC(CN)C2CC2)cn1C.Cl. The standard InChI is InChI=1S/C13H23N5O3S.ClH/c1-9-16-13(8-18(9)2)22(20,21)15-6-5-12(19)17-11(7-14)10-3-4-10;/h8,10-11,15H,3-7,14H2,1-2H3,(H,17,19);1H. The van der Waals surface area contributed by atoms with Gasteiger partial charge in [-0.2, -0.15) is 0 Å². The van der Waals surface area contributed by atoms with Gasteiger partial charge >= 0.3 is 0 Å². The van der Waals surface area contributed by atoms with Crippen LogP contribution in [0.1, 0.15) is 25.1 Å². The Kier molecular flexibility index (Phi) is 7.00. The molecular formula is C13H24ClN5O3S. The Labute approximate surface area is 142 Å². The fraction of sp³-hybridized carbons (Fsp3) is 0.692. The van der Waals surface area contributed by atoms with Gasteiger partial charge in [-0.25, -0.2) is 18.1 Å². The van der Waals surface area contributed by atoms with E-state index in [0.717, 1.165) is 12.8 Å². The summed E-state index contributed by atoms with van der Waals surface area (Å²) in [6.45, 7) is 2.17. The van der Waals surface area contributed by atoms with Gasteiger partial charge in [0.15, 0.2) is 5.03 Å². The van der Waals surface area contributed by atoms with Crippen LogP contribution in [-0.2, 0) is 21.9 Å². The number of carbonyl (C=O) groups is 1. The third-order valence-electron chi connectivity index (χ3n) is 3.80. The number of hydrogen-bond donors (Lipinski definition) is 3. The monoisotopic (exact) mass is 365 g/mol. The number of nitrogens with two attached hydrogens (primary N) is 1. The van der Waals surface area contributed by atoms with E-state index in [2.05, 4.69) is 15.0 Å². The first-order valence-electron chi connectivity index (χ1n) is 7.32. The zero-order valence-electron chi connectivity index (χ0n) is 13.3. The molecule has 1 saturated carbocycles. The number of carbonyl (C=O) groups excluding carboxylic acids is 1. The zero-order valence-corrected chi connectivity index (χ0v) is 14.9. The van der Waals surface area contributed by atoms with Gasteiger partial charge in [0, 0.05) is 38.8 Å². The molecule has 4 N–H and O–H groups in total. The number of imidazole rings is 1. The molecule has 132 valence electrons. The van der Waals surface area contributed by atoms with E-state index in [4.69, 9.17) is 5.73 Å². The Bertz CT molecular complexity index is 623. The lowest BCUT2D eigenvalue weighted by atomic mass is 10.2. The maximum atomic E-state index is 12.0. The molecule has 0 saturated heterocycles. The first-order valence-corrected chi connectivity index (χ1v) is 8.81. The Morgan fingerprint density at radius 1 is 1.52 bits per heavy atom. The van der Waals surface area contributed by atoms with Crippen LogP contribution in [0.3, 0.4) is 0 Å². The smallest absolute Gasteiger partial charge is 0.259 e. The first-order chi connectivity index (χ1) is 10.3. The molecule has 1 aliphatic rings. The van der Waals surface area contributed by atoms with Crippen LogP contribution in [0.4, 0.5) is 0 Å². The Balaban J connectivity index is 0.00000264. The molecule has 1 heterocycles. The second-order valence-corrected chi connectivity index (χ2v) is 7.35. The highest BCUT2D eigenvalue weighted by Crippen LogP contribution is 2.32. The van der Waals surface area contributed by atoms with Gasteiger partial charge in [-0.05, 0) is 25.7 Å². The van der Waals surface area contributed by atoms with Gasteiger partial charge in [0.1, 0.15) is 5.82 Å². The van der Waals surface area contributed by atoms with Crippen LogP contribution in [0.5, 0.6) is 0 Å². The van der Waals surface area contributed by atoms with Crippen molar-refractivity contribution in [3.63, 3.8) is 0 Å². The van der Waals surface area contributed by atoms with Crippen molar-refractivity contribution in [2.75, 3.05) is 13.1 Å². The number of nitrogens with one attached hydrogen (secondary N) is 2. The minimum absolute atomic E-state index is 0. The van der Waals surface area contributed by atoms with E-state index in [1.54, 1.807) is 18.5 Å². The van der Waals surface area contributed by atoms with Crippen molar-refractivity contribution < 1.29 is 13.2 Å². The van der Waals surface area contributed by atoms with Crippen LogP contribution in [0, 0.1) is 12.8 Å². The summed E-state index contributed by atoms with van der Waals surface area (Å²) < 4.78 is 28.1. The highest BCUT2D eigenvalue weighted by molar-refractivity contribution is 7.89. The molecule has 1 fully saturated rings. The van der Waals surface area contributed by atoms with Gasteiger partial charge in [0.2, 0.25) is 5.91 Å². The quantitative estimate of drug-likeness (QED) is 0.583. The maximum absolute atomic E-state index is 12.0. The van der Waals surface area contributed by atoms with Gasteiger partial charge < -0.3 is 15.6 Å². The second-order valence-electron chi connectivity index (χ2n) is 5.63. The molecule has 0 bridgehead atoms. The number of amides is 1. The number of sulfonamides is 1. The average molecular weight is 366 g/mol. The normalized spacial score (nSPS) is 15.8. The number of nitrogens with zero attached hydrogens (tertiary/aromatic N) is 2. The molecule has 0 radical (unpaired) electrons. The van der Waals surface area contributed by atoms with E-state index in [1.165, 1.54) is 6.20 Å². The molecule has 23 heavy (non-hydrogen) atoms. The Hall–Kier alpha value is -1.16. The van der Waals surface area contributed by atoms with Crippen molar-refractivity contribution in [1.29, 1.82) is 0 Å². The minimum atomic E-state index is -3.68. The highest BCUT2D eigenvalue weighted by Gasteiger charge is 2.31. The van der Waals surface area contributed by atoms with Crippen LogP contribution in [0.2, 0.25) is 0 Å². The first kappa shape index (κ1) is 19.9. The van der Waals surface area contributed by atoms with Crippen molar-refractivity contribution in [2.24, 2.45) is 18.7 Å². The van der Waals surface area contributed by atoms with Crippen molar-refractivity contribution >= 4 is 28.3 Å². The average Bonchev–Trinajstić information content (AvgIpc) is 3.22. The number of hydrogen-bond acceptors (Lipinski definition) is 5. The van der Waals surface area contributed by atoms with Crippen LogP contribution < -0.4 is 15.8 Å². The minimum Gasteiger partial charge on any atom is -0.352 e. The summed E-state index contributed by atoms with van der Waals surface area (Å²) in [7, 11) is -1.96. The number of aromatic nitrogens is 2. The van der Waals surface area contributed by atoms with E-state index in [1.807, 2.05) is 0 Å². The van der Waals surface area contributed by atoms with Crippen molar-refractivity contribution in [3.05, 3.63) is 12.0 Å². The lowest BCUT2D eigenvalue weighted by Gasteiger charge is -2.15. The van der Waals surface area contributed by atoms with Gasteiger partial charge in [-0.3, -0.25) is 4.79 Å². The van der Waals surface area contributed by atoms with Crippen LogP contribution in [0.15, 0.2) is 11.2 Å². The van der Waals surface area contributed by atoms with Gasteiger partial charge in [0.25, 0.3) is 10.0 Å². The van der Waals surface area contributed by atoms with Crippen molar-refractivity contribution in [3.8, 4) is 0 Å². The Morgan fingerprint density at radius 2 is 2.17 bits per heavy atom. The van der Waals surface area contributed by atoms with Crippen LogP contribution >= 0.6 is 12.4 Å². The summed E-state index contributed by atoms with van der Waals surface area (Å²) in [4.78, 5) is 15.8. The fourth-order valence-corrected chi connectivity index (χ4v) is 3.24. The van der Waals surface area contributed by atoms with E-state index >= 15 is 0 Å². The molecule has 0 spiro atoms. The topological polar surface area (TPSA) is 119 Å². The summed E-state index contributed by atoms with van der Waals surface area (Å²) in [5.41, 5.74) is 5.62. The number of rotatable bonds is 8. The molecule has 1 amide bonds. The lowest BCUT2D eigenvalue weighted by molar-refractivity contribution is -0.121. The maximum Gasteiger partial charge on any atom is 0.259 e. The van der Waals surface area contributed by atoms with Crippen molar-refractivity contribution in [1.82, 2.24) is 19.6 Å². The number of aryl methyl sites for hydroxylation is 2. The third-order valence-corrected chi connectivity index (χ3v) is 5.13. The molecular weight excluding hydrogens is 342 g/mol. The molecule has 1 aromatic heterocycles. The molecule has 0 aromatic carbocycles. The summed E-state index contributed by atoms with van der Waals surface area (Å²) in [6.07, 6.45) is 3.70. The van der Waals surface area contributed by atoms with E-state index in [-0.39, 0.29) is 42.3 Å².